The summed E-state index contributed by atoms with van der Waals surface area (Å²) >= 11 is 0. The Morgan fingerprint density at radius 1 is 0.875 bits per heavy atom. The van der Waals surface area contributed by atoms with Gasteiger partial charge in [-0.25, -0.2) is 0 Å². The summed E-state index contributed by atoms with van der Waals surface area (Å²) in [5.74, 6) is -0.272. The molecule has 3 aliphatic rings. The highest BCUT2D eigenvalue weighted by Crippen LogP contribution is 2.30. The van der Waals surface area contributed by atoms with Crippen molar-refractivity contribution in [2.75, 3.05) is 22.9 Å². The lowest BCUT2D eigenvalue weighted by Crippen LogP contribution is -2.35. The van der Waals surface area contributed by atoms with Gasteiger partial charge in [-0.1, -0.05) is 18.2 Å². The fraction of sp³-hybridized carbons (Fsp3) is 0.423. The Morgan fingerprint density at radius 2 is 1.72 bits per heavy atom. The van der Waals surface area contributed by atoms with Crippen LogP contribution in [0.1, 0.15) is 48.8 Å². The smallest absolute Gasteiger partial charge is 0.227 e. The zero-order valence-corrected chi connectivity index (χ0v) is 18.3. The van der Waals surface area contributed by atoms with Crippen molar-refractivity contribution in [2.24, 2.45) is 5.92 Å². The number of rotatable bonds is 5. The van der Waals surface area contributed by atoms with Crippen LogP contribution in [-0.2, 0) is 33.8 Å². The van der Waals surface area contributed by atoms with Crippen LogP contribution in [0.4, 0.5) is 11.4 Å². The normalized spacial score (nSPS) is 20.6. The van der Waals surface area contributed by atoms with Gasteiger partial charge in [0.2, 0.25) is 17.7 Å². The predicted molar refractivity (Wildman–Crippen MR) is 123 cm³/mol. The average molecular weight is 432 g/mol. The van der Waals surface area contributed by atoms with Gasteiger partial charge in [0.15, 0.2) is 0 Å². The number of amides is 3. The zero-order chi connectivity index (χ0) is 22.1. The largest absolute Gasteiger partial charge is 0.352 e. The second kappa shape index (κ2) is 8.77. The van der Waals surface area contributed by atoms with E-state index in [4.69, 9.17) is 0 Å². The lowest BCUT2D eigenvalue weighted by Gasteiger charge is -2.27. The summed E-state index contributed by atoms with van der Waals surface area (Å²) in [4.78, 5) is 41.2. The van der Waals surface area contributed by atoms with Crippen LogP contribution in [0.3, 0.4) is 0 Å². The molecule has 6 nitrogen and oxygen atoms in total. The molecule has 1 aliphatic carbocycles. The second-order valence-electron chi connectivity index (χ2n) is 9.10. The van der Waals surface area contributed by atoms with Gasteiger partial charge in [-0.2, -0.15) is 0 Å². The third kappa shape index (κ3) is 4.14. The number of hydrogen-bond donors (Lipinski definition) is 1. The highest BCUT2D eigenvalue weighted by Gasteiger charge is 2.35. The molecule has 0 aromatic heterocycles. The first-order valence-corrected chi connectivity index (χ1v) is 11.7. The van der Waals surface area contributed by atoms with E-state index in [0.29, 0.717) is 19.5 Å². The maximum Gasteiger partial charge on any atom is 0.227 e. The van der Waals surface area contributed by atoms with Crippen LogP contribution in [0, 0.1) is 5.92 Å². The number of aryl methyl sites for hydroxylation is 2. The van der Waals surface area contributed by atoms with Gasteiger partial charge in [-0.15, -0.1) is 0 Å². The van der Waals surface area contributed by atoms with Crippen molar-refractivity contribution in [2.45, 2.75) is 51.5 Å². The molecule has 0 bridgehead atoms. The van der Waals surface area contributed by atoms with E-state index in [0.717, 1.165) is 49.2 Å². The van der Waals surface area contributed by atoms with Gasteiger partial charge in [0.05, 0.1) is 5.92 Å². The number of benzene rings is 2. The van der Waals surface area contributed by atoms with Crippen molar-refractivity contribution in [1.82, 2.24) is 5.32 Å². The Balaban J connectivity index is 1.20. The number of anilines is 2. The fourth-order valence-electron chi connectivity index (χ4n) is 5.11. The summed E-state index contributed by atoms with van der Waals surface area (Å²) in [6, 6.07) is 14.0. The van der Waals surface area contributed by atoms with Crippen molar-refractivity contribution in [3.63, 3.8) is 0 Å². The third-order valence-electron chi connectivity index (χ3n) is 6.90. The second-order valence-corrected chi connectivity index (χ2v) is 9.10. The third-order valence-corrected chi connectivity index (χ3v) is 6.90. The van der Waals surface area contributed by atoms with E-state index < -0.39 is 0 Å². The zero-order valence-electron chi connectivity index (χ0n) is 18.3. The monoisotopic (exact) mass is 431 g/mol. The summed E-state index contributed by atoms with van der Waals surface area (Å²) in [7, 11) is 0. The molecule has 2 fully saturated rings. The van der Waals surface area contributed by atoms with Gasteiger partial charge >= 0.3 is 0 Å². The molecule has 0 saturated carbocycles. The van der Waals surface area contributed by atoms with Crippen LogP contribution in [0.15, 0.2) is 42.5 Å². The lowest BCUT2D eigenvalue weighted by molar-refractivity contribution is -0.126. The predicted octanol–water partition coefficient (Wildman–Crippen LogP) is 3.36. The quantitative estimate of drug-likeness (QED) is 0.789. The SMILES string of the molecule is O=C(NCc1cccc(N2CCCCC2=O)c1)C1CC(=O)N(c2ccc3c(c2)CCC3)C1. The van der Waals surface area contributed by atoms with Gasteiger partial charge < -0.3 is 15.1 Å². The fourth-order valence-corrected chi connectivity index (χ4v) is 5.11. The molecule has 0 spiro atoms. The van der Waals surface area contributed by atoms with Crippen LogP contribution < -0.4 is 15.1 Å². The highest BCUT2D eigenvalue weighted by molar-refractivity contribution is 6.00. The number of carbonyl (C=O) groups is 3. The molecule has 2 aromatic carbocycles. The molecule has 166 valence electrons. The highest BCUT2D eigenvalue weighted by atomic mass is 16.2. The minimum absolute atomic E-state index is 0.00806. The number of carbonyl (C=O) groups excluding carboxylic acids is 3. The van der Waals surface area contributed by atoms with Crippen molar-refractivity contribution in [3.8, 4) is 0 Å². The van der Waals surface area contributed by atoms with E-state index >= 15 is 0 Å². The number of hydrogen-bond acceptors (Lipinski definition) is 3. The van der Waals surface area contributed by atoms with Gasteiger partial charge in [0, 0.05) is 43.9 Å². The van der Waals surface area contributed by atoms with Crippen LogP contribution in [0.5, 0.6) is 0 Å². The molecule has 1 unspecified atom stereocenters. The maximum atomic E-state index is 12.8. The first-order valence-electron chi connectivity index (χ1n) is 11.7. The Hall–Kier alpha value is -3.15. The number of fused-ring (bicyclic) bond motifs is 1. The van der Waals surface area contributed by atoms with E-state index in [1.807, 2.05) is 35.2 Å². The molecule has 2 aromatic rings. The molecule has 2 heterocycles. The van der Waals surface area contributed by atoms with Crippen LogP contribution in [0.25, 0.3) is 0 Å². The Bertz CT molecular complexity index is 1060. The summed E-state index contributed by atoms with van der Waals surface area (Å²) in [5.41, 5.74) is 5.46. The van der Waals surface area contributed by atoms with Crippen molar-refractivity contribution < 1.29 is 14.4 Å². The van der Waals surface area contributed by atoms with Crippen molar-refractivity contribution >= 4 is 29.1 Å². The molecule has 5 rings (SSSR count). The van der Waals surface area contributed by atoms with Gasteiger partial charge in [-0.05, 0) is 73.1 Å². The van der Waals surface area contributed by atoms with Crippen molar-refractivity contribution in [3.05, 3.63) is 59.2 Å². The first-order chi connectivity index (χ1) is 15.6. The summed E-state index contributed by atoms with van der Waals surface area (Å²) < 4.78 is 0. The molecule has 2 saturated heterocycles. The van der Waals surface area contributed by atoms with Crippen LogP contribution in [0.2, 0.25) is 0 Å². The molecule has 6 heteroatoms. The van der Waals surface area contributed by atoms with Crippen LogP contribution in [-0.4, -0.2) is 30.8 Å². The van der Waals surface area contributed by atoms with E-state index in [9.17, 15) is 14.4 Å². The van der Waals surface area contributed by atoms with E-state index in [2.05, 4.69) is 17.4 Å². The van der Waals surface area contributed by atoms with E-state index in [-0.39, 0.29) is 30.1 Å². The molecular formula is C26H29N3O3. The molecular weight excluding hydrogens is 402 g/mol. The lowest BCUT2D eigenvalue weighted by atomic mass is 10.1. The molecule has 1 N–H and O–H groups in total. The van der Waals surface area contributed by atoms with Crippen molar-refractivity contribution in [1.29, 1.82) is 0 Å². The number of piperidine rings is 1. The molecule has 32 heavy (non-hydrogen) atoms. The Labute approximate surface area is 188 Å². The van der Waals surface area contributed by atoms with Gasteiger partial charge in [0.25, 0.3) is 0 Å². The Kier molecular flexibility index (Phi) is 5.68. The topological polar surface area (TPSA) is 69.7 Å². The minimum Gasteiger partial charge on any atom is -0.352 e. The van der Waals surface area contributed by atoms with Gasteiger partial charge in [-0.3, -0.25) is 14.4 Å². The molecule has 0 radical (unpaired) electrons. The number of nitrogens with zero attached hydrogens (tertiary/aromatic N) is 2. The average Bonchev–Trinajstić information content (AvgIpc) is 3.44. The maximum absolute atomic E-state index is 12.8. The van der Waals surface area contributed by atoms with E-state index in [1.54, 1.807) is 4.90 Å². The first kappa shape index (κ1) is 20.7. The summed E-state index contributed by atoms with van der Waals surface area (Å²) in [5, 5.41) is 3.00. The molecule has 2 aliphatic heterocycles. The Morgan fingerprint density at radius 3 is 2.59 bits per heavy atom. The van der Waals surface area contributed by atoms with E-state index in [1.165, 1.54) is 17.5 Å². The number of nitrogens with one attached hydrogen (secondary N) is 1. The standard InChI is InChI=1S/C26H29N3O3/c30-24-9-1-2-12-28(24)22-8-3-5-18(13-22)16-27-26(32)21-15-25(31)29(17-21)23-11-10-19-6-4-7-20(19)14-23/h3,5,8,10-11,13-14,21H,1-2,4,6-7,9,12,15-17H2,(H,27,32). The molecule has 1 atom stereocenters. The van der Waals surface area contributed by atoms with Crippen LogP contribution >= 0.6 is 0 Å². The minimum atomic E-state index is -0.345. The summed E-state index contributed by atoms with van der Waals surface area (Å²) in [6.07, 6.45) is 6.16. The van der Waals surface area contributed by atoms with Gasteiger partial charge in [0.1, 0.15) is 0 Å². The molecule has 3 amide bonds. The summed E-state index contributed by atoms with van der Waals surface area (Å²) in [6.45, 7) is 1.56.